The second-order valence-corrected chi connectivity index (χ2v) is 11.2. The van der Waals surface area contributed by atoms with Gasteiger partial charge in [0.2, 0.25) is 0 Å². The Labute approximate surface area is 166 Å². The summed E-state index contributed by atoms with van der Waals surface area (Å²) in [5.74, 6) is 0.403. The average Bonchev–Trinajstić information content (AvgIpc) is 2.55. The SMILES string of the molecule is CCC(C)(Pc1ccccc1C(C)(C)O)c1cc(C(C)(C)C)cc(C)c1O. The summed E-state index contributed by atoms with van der Waals surface area (Å²) in [4.78, 5) is 0. The zero-order chi connectivity index (χ0) is 20.6. The quantitative estimate of drug-likeness (QED) is 0.632. The van der Waals surface area contributed by atoms with Crippen LogP contribution in [0, 0.1) is 6.92 Å². The van der Waals surface area contributed by atoms with Gasteiger partial charge in [-0.15, -0.1) is 0 Å². The zero-order valence-electron chi connectivity index (χ0n) is 18.1. The van der Waals surface area contributed by atoms with E-state index in [1.54, 1.807) is 0 Å². The molecule has 0 fully saturated rings. The largest absolute Gasteiger partial charge is 0.507 e. The molecule has 0 aliphatic heterocycles. The van der Waals surface area contributed by atoms with Crippen LogP contribution >= 0.6 is 8.58 Å². The molecule has 0 saturated heterocycles. The van der Waals surface area contributed by atoms with Crippen LogP contribution in [-0.2, 0) is 16.2 Å². The Kier molecular flexibility index (Phi) is 6.15. The topological polar surface area (TPSA) is 40.5 Å². The highest BCUT2D eigenvalue weighted by Gasteiger charge is 2.32. The van der Waals surface area contributed by atoms with Crippen LogP contribution in [0.15, 0.2) is 36.4 Å². The van der Waals surface area contributed by atoms with Crippen molar-refractivity contribution in [2.75, 3.05) is 0 Å². The Morgan fingerprint density at radius 1 is 0.926 bits per heavy atom. The molecular formula is C24H35O2P. The second kappa shape index (κ2) is 7.57. The van der Waals surface area contributed by atoms with Crippen molar-refractivity contribution in [1.29, 1.82) is 0 Å². The molecule has 2 N–H and O–H groups in total. The number of rotatable bonds is 5. The maximum Gasteiger partial charge on any atom is 0.122 e. The molecule has 0 spiro atoms. The van der Waals surface area contributed by atoms with Gasteiger partial charge < -0.3 is 10.2 Å². The lowest BCUT2D eigenvalue weighted by Gasteiger charge is -2.34. The van der Waals surface area contributed by atoms with Crippen LogP contribution < -0.4 is 5.30 Å². The lowest BCUT2D eigenvalue weighted by Crippen LogP contribution is -2.27. The number of phenolic OH excluding ortho intramolecular Hbond substituents is 1. The van der Waals surface area contributed by atoms with E-state index in [2.05, 4.69) is 52.8 Å². The minimum absolute atomic E-state index is 0.0238. The van der Waals surface area contributed by atoms with E-state index in [9.17, 15) is 10.2 Å². The van der Waals surface area contributed by atoms with E-state index in [1.165, 1.54) is 5.56 Å². The zero-order valence-corrected chi connectivity index (χ0v) is 19.1. The number of hydrogen-bond donors (Lipinski definition) is 2. The first-order chi connectivity index (χ1) is 12.3. The first-order valence-electron chi connectivity index (χ1n) is 9.74. The van der Waals surface area contributed by atoms with Crippen molar-refractivity contribution in [3.05, 3.63) is 58.7 Å². The molecule has 0 aliphatic rings. The Bertz CT molecular complexity index is 812. The highest BCUT2D eigenvalue weighted by molar-refractivity contribution is 7.48. The Hall–Kier alpha value is -1.37. The Morgan fingerprint density at radius 2 is 1.52 bits per heavy atom. The van der Waals surface area contributed by atoms with Gasteiger partial charge in [-0.1, -0.05) is 79.6 Å². The molecule has 0 saturated carbocycles. The van der Waals surface area contributed by atoms with Crippen molar-refractivity contribution in [2.24, 2.45) is 0 Å². The van der Waals surface area contributed by atoms with E-state index in [0.717, 1.165) is 28.4 Å². The normalized spacial score (nSPS) is 15.3. The number of aromatic hydroxyl groups is 1. The van der Waals surface area contributed by atoms with Crippen LogP contribution in [0.5, 0.6) is 5.75 Å². The lowest BCUT2D eigenvalue weighted by atomic mass is 9.82. The van der Waals surface area contributed by atoms with Gasteiger partial charge in [0.1, 0.15) is 5.75 Å². The molecule has 2 atom stereocenters. The van der Waals surface area contributed by atoms with Crippen molar-refractivity contribution in [2.45, 2.75) is 78.0 Å². The molecule has 0 heterocycles. The van der Waals surface area contributed by atoms with Gasteiger partial charge in [-0.3, -0.25) is 0 Å². The fourth-order valence-electron chi connectivity index (χ4n) is 3.40. The van der Waals surface area contributed by atoms with Crippen LogP contribution in [0.25, 0.3) is 0 Å². The third-order valence-corrected chi connectivity index (χ3v) is 7.34. The van der Waals surface area contributed by atoms with Crippen LogP contribution in [0.2, 0.25) is 0 Å². The minimum Gasteiger partial charge on any atom is -0.507 e. The molecule has 2 aromatic carbocycles. The third kappa shape index (κ3) is 4.73. The molecule has 148 valence electrons. The van der Waals surface area contributed by atoms with Crippen molar-refractivity contribution < 1.29 is 10.2 Å². The van der Waals surface area contributed by atoms with Crippen LogP contribution in [0.1, 0.15) is 77.1 Å². The van der Waals surface area contributed by atoms with E-state index >= 15 is 0 Å². The van der Waals surface area contributed by atoms with Gasteiger partial charge >= 0.3 is 0 Å². The fourth-order valence-corrected chi connectivity index (χ4v) is 5.20. The van der Waals surface area contributed by atoms with Crippen LogP contribution in [-0.4, -0.2) is 10.2 Å². The lowest BCUT2D eigenvalue weighted by molar-refractivity contribution is 0.0797. The van der Waals surface area contributed by atoms with Gasteiger partial charge in [-0.2, -0.15) is 0 Å². The van der Waals surface area contributed by atoms with E-state index in [1.807, 2.05) is 39.0 Å². The van der Waals surface area contributed by atoms with Gasteiger partial charge in [-0.25, -0.2) is 0 Å². The van der Waals surface area contributed by atoms with Gasteiger partial charge in [0, 0.05) is 10.7 Å². The molecule has 0 amide bonds. The summed E-state index contributed by atoms with van der Waals surface area (Å²) in [6.45, 7) is 16.7. The summed E-state index contributed by atoms with van der Waals surface area (Å²) >= 11 is 0. The Morgan fingerprint density at radius 3 is 2.04 bits per heavy atom. The molecule has 0 aromatic heterocycles. The summed E-state index contributed by atoms with van der Waals surface area (Å²) in [6.07, 6.45) is 0.909. The van der Waals surface area contributed by atoms with E-state index in [4.69, 9.17) is 0 Å². The third-order valence-electron chi connectivity index (χ3n) is 5.46. The molecular weight excluding hydrogens is 351 g/mol. The predicted octanol–water partition coefficient (Wildman–Crippen LogP) is 5.85. The van der Waals surface area contributed by atoms with E-state index in [0.29, 0.717) is 14.3 Å². The number of aryl methyl sites for hydroxylation is 1. The van der Waals surface area contributed by atoms with Gasteiger partial charge in [0.05, 0.1) is 5.60 Å². The first-order valence-corrected chi connectivity index (χ1v) is 10.7. The highest BCUT2D eigenvalue weighted by Crippen LogP contribution is 2.49. The molecule has 27 heavy (non-hydrogen) atoms. The summed E-state index contributed by atoms with van der Waals surface area (Å²) < 4.78 is 0. The van der Waals surface area contributed by atoms with Crippen LogP contribution in [0.4, 0.5) is 0 Å². The maximum absolute atomic E-state index is 10.9. The summed E-state index contributed by atoms with van der Waals surface area (Å²) in [5, 5.41) is 22.5. The van der Waals surface area contributed by atoms with Crippen molar-refractivity contribution in [3.8, 4) is 5.75 Å². The minimum atomic E-state index is -0.885. The van der Waals surface area contributed by atoms with E-state index < -0.39 is 5.60 Å². The number of benzene rings is 2. The molecule has 3 heteroatoms. The maximum atomic E-state index is 10.9. The number of hydrogen-bond acceptors (Lipinski definition) is 2. The van der Waals surface area contributed by atoms with Crippen LogP contribution in [0.3, 0.4) is 0 Å². The fraction of sp³-hybridized carbons (Fsp3) is 0.500. The molecule has 2 rings (SSSR count). The van der Waals surface area contributed by atoms with Gasteiger partial charge in [-0.05, 0) is 54.6 Å². The predicted molar refractivity (Wildman–Crippen MR) is 119 cm³/mol. The summed E-state index contributed by atoms with van der Waals surface area (Å²) in [5.41, 5.74) is 3.29. The summed E-state index contributed by atoms with van der Waals surface area (Å²) in [7, 11) is 0.451. The molecule has 2 nitrogen and oxygen atoms in total. The van der Waals surface area contributed by atoms with Crippen molar-refractivity contribution >= 4 is 13.9 Å². The monoisotopic (exact) mass is 386 g/mol. The number of phenols is 1. The molecule has 0 radical (unpaired) electrons. The van der Waals surface area contributed by atoms with Gasteiger partial charge in [0.15, 0.2) is 0 Å². The van der Waals surface area contributed by atoms with E-state index in [-0.39, 0.29) is 10.6 Å². The van der Waals surface area contributed by atoms with Crippen molar-refractivity contribution in [1.82, 2.24) is 0 Å². The smallest absolute Gasteiger partial charge is 0.122 e. The average molecular weight is 387 g/mol. The standard InChI is InChI=1S/C24H35O2P/c1-9-24(8,27-20-13-11-10-12-18(20)23(6,7)26)19-15-17(22(3,4)5)14-16(2)21(19)25/h10-15,25-27H,9H2,1-8H3. The molecule has 2 unspecified atom stereocenters. The molecule has 0 aliphatic carbocycles. The molecule has 0 bridgehead atoms. The highest BCUT2D eigenvalue weighted by atomic mass is 31.1. The molecule has 2 aromatic rings. The summed E-state index contributed by atoms with van der Waals surface area (Å²) in [6, 6.07) is 12.4. The van der Waals surface area contributed by atoms with Gasteiger partial charge in [0.25, 0.3) is 0 Å². The Balaban J connectivity index is 2.61. The first kappa shape index (κ1) is 21.9. The van der Waals surface area contributed by atoms with Crippen molar-refractivity contribution in [3.63, 3.8) is 0 Å². The number of aliphatic hydroxyl groups is 1. The second-order valence-electron chi connectivity index (χ2n) is 9.35.